The molecule has 10 heteroatoms. The summed E-state index contributed by atoms with van der Waals surface area (Å²) in [4.78, 5) is -1.20. The molecule has 0 bridgehead atoms. The molecule has 0 atom stereocenters. The zero-order valence-electron chi connectivity index (χ0n) is 10.7. The second kappa shape index (κ2) is 6.56. The molecule has 0 aliphatic carbocycles. The third-order valence-corrected chi connectivity index (χ3v) is 3.98. The van der Waals surface area contributed by atoms with Gasteiger partial charge in [-0.3, -0.25) is 0 Å². The molecule has 0 heterocycles. The molecular formula is C11H13F5N2O2S. The molecule has 0 aliphatic rings. The Morgan fingerprint density at radius 3 is 2.10 bits per heavy atom. The molecule has 0 spiro atoms. The molecule has 0 saturated heterocycles. The standard InChI is InChI=1S/C11H13F5N2O2S/c12-8-5-7(17)6-9(13)10(8)21(19,20)18-4-2-1-3-11(14,15)16/h5-6,18H,1-4,17H2. The Hall–Kier alpha value is -1.42. The summed E-state index contributed by atoms with van der Waals surface area (Å²) in [6.45, 7) is -0.359. The van der Waals surface area contributed by atoms with Crippen LogP contribution in [0.2, 0.25) is 0 Å². The lowest BCUT2D eigenvalue weighted by Crippen LogP contribution is -2.27. The molecule has 0 aliphatic heterocycles. The minimum Gasteiger partial charge on any atom is -0.399 e. The van der Waals surface area contributed by atoms with E-state index in [4.69, 9.17) is 5.73 Å². The third kappa shape index (κ3) is 5.46. The summed E-state index contributed by atoms with van der Waals surface area (Å²) in [6.07, 6.45) is -5.79. The maximum absolute atomic E-state index is 13.5. The second-order valence-electron chi connectivity index (χ2n) is 4.28. The average molecular weight is 332 g/mol. The van der Waals surface area contributed by atoms with Crippen LogP contribution in [0.4, 0.5) is 27.6 Å². The number of unbranched alkanes of at least 4 members (excludes halogenated alkanes) is 1. The monoisotopic (exact) mass is 332 g/mol. The average Bonchev–Trinajstić information content (AvgIpc) is 2.24. The van der Waals surface area contributed by atoms with Crippen LogP contribution in [-0.2, 0) is 10.0 Å². The Morgan fingerprint density at radius 1 is 1.10 bits per heavy atom. The van der Waals surface area contributed by atoms with E-state index in [1.54, 1.807) is 0 Å². The lowest BCUT2D eigenvalue weighted by atomic mass is 10.2. The van der Waals surface area contributed by atoms with Gasteiger partial charge in [-0.15, -0.1) is 0 Å². The first-order valence-electron chi connectivity index (χ1n) is 5.84. The Balaban J connectivity index is 2.67. The van der Waals surface area contributed by atoms with E-state index >= 15 is 0 Å². The molecule has 1 rings (SSSR count). The van der Waals surface area contributed by atoms with Crippen molar-refractivity contribution >= 4 is 15.7 Å². The fourth-order valence-electron chi connectivity index (χ4n) is 1.57. The number of rotatable bonds is 6. The van der Waals surface area contributed by atoms with E-state index in [9.17, 15) is 30.4 Å². The van der Waals surface area contributed by atoms with Gasteiger partial charge in [0.25, 0.3) is 0 Å². The molecule has 0 radical (unpaired) electrons. The molecule has 1 aromatic rings. The zero-order chi connectivity index (χ0) is 16.3. The minimum absolute atomic E-state index is 0.114. The maximum Gasteiger partial charge on any atom is 0.389 e. The van der Waals surface area contributed by atoms with Crippen LogP contribution in [-0.4, -0.2) is 21.1 Å². The molecular weight excluding hydrogens is 319 g/mol. The summed E-state index contributed by atoms with van der Waals surface area (Å²) < 4.78 is 87.8. The number of hydrogen-bond acceptors (Lipinski definition) is 3. The number of sulfonamides is 1. The van der Waals surface area contributed by atoms with Gasteiger partial charge in [0, 0.05) is 18.7 Å². The van der Waals surface area contributed by atoms with Crippen molar-refractivity contribution < 1.29 is 30.4 Å². The summed E-state index contributed by atoms with van der Waals surface area (Å²) in [5, 5.41) is 0. The number of halogens is 5. The number of anilines is 1. The van der Waals surface area contributed by atoms with Gasteiger partial charge in [-0.1, -0.05) is 0 Å². The largest absolute Gasteiger partial charge is 0.399 e. The van der Waals surface area contributed by atoms with E-state index in [0.717, 1.165) is 0 Å². The fraction of sp³-hybridized carbons (Fsp3) is 0.455. The van der Waals surface area contributed by atoms with Crippen molar-refractivity contribution in [2.24, 2.45) is 0 Å². The summed E-state index contributed by atoms with van der Waals surface area (Å²) >= 11 is 0. The van der Waals surface area contributed by atoms with Crippen LogP contribution in [0.25, 0.3) is 0 Å². The first-order valence-corrected chi connectivity index (χ1v) is 7.32. The predicted octanol–water partition coefficient (Wildman–Crippen LogP) is 2.56. The molecule has 21 heavy (non-hydrogen) atoms. The highest BCUT2D eigenvalue weighted by Crippen LogP contribution is 2.23. The summed E-state index contributed by atoms with van der Waals surface area (Å²) in [5.41, 5.74) is 4.87. The molecule has 3 N–H and O–H groups in total. The zero-order valence-corrected chi connectivity index (χ0v) is 11.5. The number of nitrogens with one attached hydrogen (secondary N) is 1. The normalized spacial score (nSPS) is 12.6. The highest BCUT2D eigenvalue weighted by atomic mass is 32.2. The van der Waals surface area contributed by atoms with Crippen molar-refractivity contribution in [3.8, 4) is 0 Å². The molecule has 120 valence electrons. The third-order valence-electron chi connectivity index (χ3n) is 2.47. The highest BCUT2D eigenvalue weighted by molar-refractivity contribution is 7.89. The first kappa shape index (κ1) is 17.6. The van der Waals surface area contributed by atoms with Crippen molar-refractivity contribution in [3.63, 3.8) is 0 Å². The van der Waals surface area contributed by atoms with E-state index in [1.165, 1.54) is 0 Å². The van der Waals surface area contributed by atoms with Gasteiger partial charge in [-0.05, 0) is 25.0 Å². The smallest absolute Gasteiger partial charge is 0.389 e. The molecule has 0 fully saturated rings. The molecule has 0 unspecified atom stereocenters. The van der Waals surface area contributed by atoms with Crippen LogP contribution in [0.1, 0.15) is 19.3 Å². The van der Waals surface area contributed by atoms with Gasteiger partial charge in [0.15, 0.2) is 4.90 Å². The van der Waals surface area contributed by atoms with E-state index < -0.39 is 39.2 Å². The van der Waals surface area contributed by atoms with E-state index in [0.29, 0.717) is 12.1 Å². The number of alkyl halides is 3. The second-order valence-corrected chi connectivity index (χ2v) is 5.99. The number of nitrogens with two attached hydrogens (primary N) is 1. The van der Waals surface area contributed by atoms with Crippen molar-refractivity contribution in [3.05, 3.63) is 23.8 Å². The Morgan fingerprint density at radius 2 is 1.62 bits per heavy atom. The maximum atomic E-state index is 13.5. The van der Waals surface area contributed by atoms with Gasteiger partial charge < -0.3 is 5.73 Å². The SMILES string of the molecule is Nc1cc(F)c(S(=O)(=O)NCCCCC(F)(F)F)c(F)c1. The van der Waals surface area contributed by atoms with Crippen LogP contribution >= 0.6 is 0 Å². The van der Waals surface area contributed by atoms with Crippen molar-refractivity contribution in [2.45, 2.75) is 30.3 Å². The van der Waals surface area contributed by atoms with Gasteiger partial charge in [-0.2, -0.15) is 13.2 Å². The van der Waals surface area contributed by atoms with Gasteiger partial charge in [0.2, 0.25) is 10.0 Å². The Labute approximate surface area is 118 Å². The van der Waals surface area contributed by atoms with Crippen LogP contribution in [0.15, 0.2) is 17.0 Å². The summed E-state index contributed by atoms with van der Waals surface area (Å²) in [5.74, 6) is -2.73. The van der Waals surface area contributed by atoms with Gasteiger partial charge in [0.05, 0.1) is 0 Å². The van der Waals surface area contributed by atoms with Crippen molar-refractivity contribution in [1.82, 2.24) is 4.72 Å². The number of benzene rings is 1. The van der Waals surface area contributed by atoms with Crippen molar-refractivity contribution in [2.75, 3.05) is 12.3 Å². The lowest BCUT2D eigenvalue weighted by Gasteiger charge is -2.10. The van der Waals surface area contributed by atoms with E-state index in [1.807, 2.05) is 4.72 Å². The minimum atomic E-state index is -4.49. The molecule has 0 aromatic heterocycles. The van der Waals surface area contributed by atoms with Gasteiger partial charge in [0.1, 0.15) is 11.6 Å². The summed E-state index contributed by atoms with van der Waals surface area (Å²) in [6, 6.07) is 1.28. The van der Waals surface area contributed by atoms with Gasteiger partial charge in [-0.25, -0.2) is 21.9 Å². The van der Waals surface area contributed by atoms with E-state index in [-0.39, 0.29) is 25.1 Å². The van der Waals surface area contributed by atoms with Crippen molar-refractivity contribution in [1.29, 1.82) is 0 Å². The number of nitrogen functional groups attached to an aromatic ring is 1. The Bertz CT molecular complexity index is 578. The van der Waals surface area contributed by atoms with Crippen LogP contribution in [0.3, 0.4) is 0 Å². The molecule has 0 amide bonds. The van der Waals surface area contributed by atoms with Gasteiger partial charge >= 0.3 is 6.18 Å². The topological polar surface area (TPSA) is 72.2 Å². The molecule has 1 aromatic carbocycles. The van der Waals surface area contributed by atoms with Crippen LogP contribution in [0, 0.1) is 11.6 Å². The fourth-order valence-corrected chi connectivity index (χ4v) is 2.75. The van der Waals surface area contributed by atoms with Crippen LogP contribution < -0.4 is 10.5 Å². The Kier molecular flexibility index (Phi) is 5.51. The van der Waals surface area contributed by atoms with E-state index in [2.05, 4.69) is 0 Å². The summed E-state index contributed by atoms with van der Waals surface area (Å²) in [7, 11) is -4.49. The highest BCUT2D eigenvalue weighted by Gasteiger charge is 2.27. The lowest BCUT2D eigenvalue weighted by molar-refractivity contribution is -0.135. The first-order chi connectivity index (χ1) is 9.53. The quantitative estimate of drug-likeness (QED) is 0.478. The molecule has 0 saturated carbocycles. The molecule has 4 nitrogen and oxygen atoms in total. The predicted molar refractivity (Wildman–Crippen MR) is 65.9 cm³/mol. The van der Waals surface area contributed by atoms with Crippen LogP contribution in [0.5, 0.6) is 0 Å². The number of hydrogen-bond donors (Lipinski definition) is 2.